The van der Waals surface area contributed by atoms with Crippen molar-refractivity contribution < 1.29 is 5.11 Å². The molecule has 0 bridgehead atoms. The molecule has 2 nitrogen and oxygen atoms in total. The summed E-state index contributed by atoms with van der Waals surface area (Å²) < 4.78 is 0. The van der Waals surface area contributed by atoms with Crippen LogP contribution in [-0.2, 0) is 5.60 Å². The van der Waals surface area contributed by atoms with Gasteiger partial charge in [-0.3, -0.25) is 0 Å². The quantitative estimate of drug-likeness (QED) is 0.841. The third kappa shape index (κ3) is 2.62. The van der Waals surface area contributed by atoms with Crippen LogP contribution in [0.15, 0.2) is 24.3 Å². The Bertz CT molecular complexity index is 373. The zero-order chi connectivity index (χ0) is 12.2. The maximum atomic E-state index is 10.5. The van der Waals surface area contributed by atoms with E-state index in [1.807, 2.05) is 19.1 Å². The molecule has 86 valence electrons. The standard InChI is InChI=1S/C14H19NO/c1-4-5-11(2)14(3,16)13-8-6-12(10-15)7-9-13/h6-9,11,16H,4-5H2,1-3H3. The first-order valence-corrected chi connectivity index (χ1v) is 5.75. The zero-order valence-electron chi connectivity index (χ0n) is 10.2. The molecule has 2 atom stereocenters. The summed E-state index contributed by atoms with van der Waals surface area (Å²) >= 11 is 0. The SMILES string of the molecule is CCCC(C)C(C)(O)c1ccc(C#N)cc1. The second-order valence-electron chi connectivity index (χ2n) is 4.53. The summed E-state index contributed by atoms with van der Waals surface area (Å²) in [5.41, 5.74) is 0.694. The summed E-state index contributed by atoms with van der Waals surface area (Å²) in [5.74, 6) is 0.213. The molecule has 1 aromatic rings. The molecular formula is C14H19NO. The lowest BCUT2D eigenvalue weighted by molar-refractivity contribution is -0.00219. The molecule has 0 spiro atoms. The van der Waals surface area contributed by atoms with E-state index in [2.05, 4.69) is 19.9 Å². The molecule has 0 saturated heterocycles. The fourth-order valence-electron chi connectivity index (χ4n) is 1.88. The fourth-order valence-corrected chi connectivity index (χ4v) is 1.88. The van der Waals surface area contributed by atoms with E-state index in [1.165, 1.54) is 0 Å². The van der Waals surface area contributed by atoms with Crippen LogP contribution >= 0.6 is 0 Å². The van der Waals surface area contributed by atoms with Gasteiger partial charge in [-0.2, -0.15) is 5.26 Å². The van der Waals surface area contributed by atoms with Crippen molar-refractivity contribution >= 4 is 0 Å². The van der Waals surface area contributed by atoms with E-state index in [1.54, 1.807) is 12.1 Å². The van der Waals surface area contributed by atoms with Gasteiger partial charge in [-0.15, -0.1) is 0 Å². The highest BCUT2D eigenvalue weighted by Crippen LogP contribution is 2.32. The Kier molecular flexibility index (Phi) is 4.09. The molecule has 0 aliphatic heterocycles. The third-order valence-corrected chi connectivity index (χ3v) is 3.28. The van der Waals surface area contributed by atoms with E-state index >= 15 is 0 Å². The molecule has 0 aliphatic rings. The van der Waals surface area contributed by atoms with Gasteiger partial charge in [-0.05, 0) is 37.0 Å². The topological polar surface area (TPSA) is 44.0 Å². The lowest BCUT2D eigenvalue weighted by atomic mass is 9.81. The lowest BCUT2D eigenvalue weighted by Gasteiger charge is -2.30. The normalized spacial score (nSPS) is 16.2. The monoisotopic (exact) mass is 217 g/mol. The van der Waals surface area contributed by atoms with Crippen molar-refractivity contribution in [2.24, 2.45) is 5.92 Å². The molecule has 0 aliphatic carbocycles. The Morgan fingerprint density at radius 2 is 1.94 bits per heavy atom. The molecule has 1 aromatic carbocycles. The minimum atomic E-state index is -0.815. The molecule has 0 aromatic heterocycles. The molecule has 1 N–H and O–H groups in total. The van der Waals surface area contributed by atoms with Crippen LogP contribution < -0.4 is 0 Å². The molecule has 0 amide bonds. The minimum Gasteiger partial charge on any atom is -0.385 e. The summed E-state index contributed by atoms with van der Waals surface area (Å²) in [7, 11) is 0. The molecule has 0 fully saturated rings. The van der Waals surface area contributed by atoms with Gasteiger partial charge < -0.3 is 5.11 Å². The number of aliphatic hydroxyl groups is 1. The van der Waals surface area contributed by atoms with E-state index in [-0.39, 0.29) is 5.92 Å². The van der Waals surface area contributed by atoms with Crippen molar-refractivity contribution in [2.75, 3.05) is 0 Å². The molecule has 1 rings (SSSR count). The first-order valence-electron chi connectivity index (χ1n) is 5.75. The van der Waals surface area contributed by atoms with Gasteiger partial charge >= 0.3 is 0 Å². The van der Waals surface area contributed by atoms with E-state index in [0.29, 0.717) is 5.56 Å². The molecule has 0 heterocycles. The molecular weight excluding hydrogens is 198 g/mol. The first-order chi connectivity index (χ1) is 7.52. The van der Waals surface area contributed by atoms with Crippen LogP contribution in [0.4, 0.5) is 0 Å². The molecule has 2 unspecified atom stereocenters. The number of nitrogens with zero attached hydrogens (tertiary/aromatic N) is 1. The third-order valence-electron chi connectivity index (χ3n) is 3.28. The average Bonchev–Trinajstić information content (AvgIpc) is 2.29. The number of benzene rings is 1. The summed E-state index contributed by atoms with van der Waals surface area (Å²) in [6, 6.07) is 9.26. The Labute approximate surface area is 97.5 Å². The predicted molar refractivity (Wildman–Crippen MR) is 64.8 cm³/mol. The maximum Gasteiger partial charge on any atom is 0.0991 e. The van der Waals surface area contributed by atoms with Crippen LogP contribution in [0, 0.1) is 17.2 Å². The first kappa shape index (κ1) is 12.7. The molecule has 0 saturated carbocycles. The van der Waals surface area contributed by atoms with E-state index in [4.69, 9.17) is 5.26 Å². The molecule has 16 heavy (non-hydrogen) atoms. The van der Waals surface area contributed by atoms with Crippen molar-refractivity contribution in [3.63, 3.8) is 0 Å². The summed E-state index contributed by atoms with van der Waals surface area (Å²) in [6.07, 6.45) is 2.06. The van der Waals surface area contributed by atoms with E-state index in [0.717, 1.165) is 18.4 Å². The number of hydrogen-bond acceptors (Lipinski definition) is 2. The van der Waals surface area contributed by atoms with Gasteiger partial charge in [0.25, 0.3) is 0 Å². The second kappa shape index (κ2) is 5.14. The van der Waals surface area contributed by atoms with Gasteiger partial charge in [0.1, 0.15) is 0 Å². The Balaban J connectivity index is 2.93. The molecule has 0 radical (unpaired) electrons. The van der Waals surface area contributed by atoms with E-state index < -0.39 is 5.60 Å². The van der Waals surface area contributed by atoms with Crippen LogP contribution in [0.5, 0.6) is 0 Å². The van der Waals surface area contributed by atoms with Crippen LogP contribution in [0.1, 0.15) is 44.7 Å². The van der Waals surface area contributed by atoms with Crippen LogP contribution in [0.2, 0.25) is 0 Å². The maximum absolute atomic E-state index is 10.5. The van der Waals surface area contributed by atoms with Gasteiger partial charge in [-0.1, -0.05) is 32.4 Å². The number of rotatable bonds is 4. The van der Waals surface area contributed by atoms with E-state index in [9.17, 15) is 5.11 Å². The van der Waals surface area contributed by atoms with Crippen molar-refractivity contribution in [1.82, 2.24) is 0 Å². The lowest BCUT2D eigenvalue weighted by Crippen LogP contribution is -2.29. The van der Waals surface area contributed by atoms with Crippen LogP contribution in [0.3, 0.4) is 0 Å². The summed E-state index contributed by atoms with van der Waals surface area (Å²) in [6.45, 7) is 6.02. The van der Waals surface area contributed by atoms with Crippen molar-refractivity contribution in [2.45, 2.75) is 39.2 Å². The highest BCUT2D eigenvalue weighted by Gasteiger charge is 2.29. The highest BCUT2D eigenvalue weighted by molar-refractivity contribution is 5.34. The smallest absolute Gasteiger partial charge is 0.0991 e. The zero-order valence-corrected chi connectivity index (χ0v) is 10.2. The Morgan fingerprint density at radius 3 is 2.38 bits per heavy atom. The average molecular weight is 217 g/mol. The Morgan fingerprint density at radius 1 is 1.38 bits per heavy atom. The van der Waals surface area contributed by atoms with Crippen LogP contribution in [-0.4, -0.2) is 5.11 Å². The van der Waals surface area contributed by atoms with Crippen LogP contribution in [0.25, 0.3) is 0 Å². The highest BCUT2D eigenvalue weighted by atomic mass is 16.3. The largest absolute Gasteiger partial charge is 0.385 e. The number of nitriles is 1. The van der Waals surface area contributed by atoms with Gasteiger partial charge in [0.15, 0.2) is 0 Å². The second-order valence-corrected chi connectivity index (χ2v) is 4.53. The minimum absolute atomic E-state index is 0.213. The summed E-state index contributed by atoms with van der Waals surface area (Å²) in [5, 5.41) is 19.2. The number of hydrogen-bond donors (Lipinski definition) is 1. The van der Waals surface area contributed by atoms with Gasteiger partial charge in [0.05, 0.1) is 17.2 Å². The molecule has 2 heteroatoms. The van der Waals surface area contributed by atoms with Gasteiger partial charge in [0, 0.05) is 0 Å². The van der Waals surface area contributed by atoms with Gasteiger partial charge in [-0.25, -0.2) is 0 Å². The van der Waals surface area contributed by atoms with Gasteiger partial charge in [0.2, 0.25) is 0 Å². The summed E-state index contributed by atoms with van der Waals surface area (Å²) in [4.78, 5) is 0. The van der Waals surface area contributed by atoms with Crippen molar-refractivity contribution in [1.29, 1.82) is 5.26 Å². The fraction of sp³-hybridized carbons (Fsp3) is 0.500. The predicted octanol–water partition coefficient (Wildman–Crippen LogP) is 3.20. The van der Waals surface area contributed by atoms with Crippen molar-refractivity contribution in [3.05, 3.63) is 35.4 Å². The van der Waals surface area contributed by atoms with Crippen molar-refractivity contribution in [3.8, 4) is 6.07 Å². The Hall–Kier alpha value is -1.33.